The maximum atomic E-state index is 11.2. The molecule has 0 aliphatic heterocycles. The van der Waals surface area contributed by atoms with Crippen molar-refractivity contribution in [1.82, 2.24) is 0 Å². The van der Waals surface area contributed by atoms with Crippen LogP contribution >= 0.6 is 15.9 Å². The van der Waals surface area contributed by atoms with Gasteiger partial charge in [0.2, 0.25) is 5.75 Å². The molecular formula is C14H15BrN2O4. The lowest BCUT2D eigenvalue weighted by Crippen LogP contribution is -2.14. The number of halogens is 1. The third kappa shape index (κ3) is 3.52. The predicted octanol–water partition coefficient (Wildman–Crippen LogP) is 3.48. The van der Waals surface area contributed by atoms with Crippen molar-refractivity contribution in [2.75, 3.05) is 6.61 Å². The van der Waals surface area contributed by atoms with Gasteiger partial charge in [-0.3, -0.25) is 10.1 Å². The molecule has 7 heteroatoms. The van der Waals surface area contributed by atoms with Gasteiger partial charge in [-0.2, -0.15) is 5.26 Å². The average Bonchev–Trinajstić information content (AvgIpc) is 3.16. The van der Waals surface area contributed by atoms with Crippen molar-refractivity contribution in [1.29, 1.82) is 5.26 Å². The highest BCUT2D eigenvalue weighted by Gasteiger charge is 2.44. The molecule has 1 aliphatic carbocycles. The SMILES string of the molecule is C[C@H](O)c1cc(Br)cc([N+](=O)[O-])c1OCC1(CC#N)CC1. The van der Waals surface area contributed by atoms with E-state index in [1.54, 1.807) is 6.07 Å². The average molecular weight is 355 g/mol. The minimum absolute atomic E-state index is 0.0856. The van der Waals surface area contributed by atoms with Crippen LogP contribution in [-0.2, 0) is 0 Å². The number of rotatable bonds is 6. The quantitative estimate of drug-likeness (QED) is 0.622. The first kappa shape index (κ1) is 15.7. The fourth-order valence-corrected chi connectivity index (χ4v) is 2.61. The number of nitriles is 1. The molecule has 0 saturated heterocycles. The first-order chi connectivity index (χ1) is 9.88. The van der Waals surface area contributed by atoms with E-state index in [1.807, 2.05) is 0 Å². The second-order valence-electron chi connectivity index (χ2n) is 5.40. The molecule has 1 N–H and O–H groups in total. The molecule has 1 aromatic rings. The summed E-state index contributed by atoms with van der Waals surface area (Å²) in [5.41, 5.74) is -0.0112. The molecule has 0 heterocycles. The lowest BCUT2D eigenvalue weighted by molar-refractivity contribution is -0.386. The summed E-state index contributed by atoms with van der Waals surface area (Å²) in [7, 11) is 0. The molecule has 1 fully saturated rings. The Labute approximate surface area is 130 Å². The van der Waals surface area contributed by atoms with E-state index in [0.717, 1.165) is 12.8 Å². The molecule has 112 valence electrons. The smallest absolute Gasteiger partial charge is 0.312 e. The summed E-state index contributed by atoms with van der Waals surface area (Å²) in [4.78, 5) is 10.7. The summed E-state index contributed by atoms with van der Waals surface area (Å²) in [6.07, 6.45) is 1.26. The molecule has 2 rings (SSSR count). The molecule has 0 amide bonds. The van der Waals surface area contributed by atoms with Crippen LogP contribution < -0.4 is 4.74 Å². The largest absolute Gasteiger partial charge is 0.486 e. The fraction of sp³-hybridized carbons (Fsp3) is 0.500. The summed E-state index contributed by atoms with van der Waals surface area (Å²) in [5, 5.41) is 29.8. The number of nitrogens with zero attached hydrogens (tertiary/aromatic N) is 2. The van der Waals surface area contributed by atoms with E-state index in [0.29, 0.717) is 16.5 Å². The number of benzene rings is 1. The van der Waals surface area contributed by atoms with E-state index < -0.39 is 11.0 Å². The van der Waals surface area contributed by atoms with Gasteiger partial charge >= 0.3 is 5.69 Å². The van der Waals surface area contributed by atoms with E-state index in [1.165, 1.54) is 13.0 Å². The van der Waals surface area contributed by atoms with Gasteiger partial charge in [0.15, 0.2) is 0 Å². The molecule has 1 saturated carbocycles. The van der Waals surface area contributed by atoms with Crippen molar-refractivity contribution in [2.45, 2.75) is 32.3 Å². The second kappa shape index (κ2) is 6.00. The summed E-state index contributed by atoms with van der Waals surface area (Å²) in [6, 6.07) is 5.08. The predicted molar refractivity (Wildman–Crippen MR) is 78.8 cm³/mol. The van der Waals surface area contributed by atoms with Crippen LogP contribution in [0.15, 0.2) is 16.6 Å². The zero-order chi connectivity index (χ0) is 15.6. The highest BCUT2D eigenvalue weighted by molar-refractivity contribution is 9.10. The minimum atomic E-state index is -0.887. The van der Waals surface area contributed by atoms with Gasteiger partial charge in [0, 0.05) is 27.9 Å². The van der Waals surface area contributed by atoms with Crippen LogP contribution in [0.5, 0.6) is 5.75 Å². The van der Waals surface area contributed by atoms with Crippen LogP contribution in [0, 0.1) is 26.9 Å². The maximum Gasteiger partial charge on any atom is 0.312 e. The van der Waals surface area contributed by atoms with Crippen molar-refractivity contribution in [3.05, 3.63) is 32.3 Å². The Kier molecular flexibility index (Phi) is 4.49. The van der Waals surface area contributed by atoms with Crippen LogP contribution in [0.4, 0.5) is 5.69 Å². The molecule has 21 heavy (non-hydrogen) atoms. The van der Waals surface area contributed by atoms with Crippen molar-refractivity contribution < 1.29 is 14.8 Å². The van der Waals surface area contributed by atoms with Gasteiger partial charge in [-0.05, 0) is 25.8 Å². The molecule has 0 bridgehead atoms. The fourth-order valence-electron chi connectivity index (χ4n) is 2.14. The maximum absolute atomic E-state index is 11.2. The number of hydrogen-bond acceptors (Lipinski definition) is 5. The van der Waals surface area contributed by atoms with Crippen LogP contribution in [0.25, 0.3) is 0 Å². The second-order valence-corrected chi connectivity index (χ2v) is 6.32. The summed E-state index contributed by atoms with van der Waals surface area (Å²) < 4.78 is 6.16. The molecule has 1 aromatic carbocycles. The summed E-state index contributed by atoms with van der Waals surface area (Å²) in [5.74, 6) is 0.0856. The summed E-state index contributed by atoms with van der Waals surface area (Å²) in [6.45, 7) is 1.78. The number of nitro benzene ring substituents is 1. The Morgan fingerprint density at radius 1 is 1.62 bits per heavy atom. The van der Waals surface area contributed by atoms with Crippen molar-refractivity contribution >= 4 is 21.6 Å². The van der Waals surface area contributed by atoms with Gasteiger partial charge in [-0.15, -0.1) is 0 Å². The molecular weight excluding hydrogens is 340 g/mol. The Morgan fingerprint density at radius 2 is 2.29 bits per heavy atom. The topological polar surface area (TPSA) is 96.4 Å². The minimum Gasteiger partial charge on any atom is -0.486 e. The molecule has 0 aromatic heterocycles. The monoisotopic (exact) mass is 354 g/mol. The van der Waals surface area contributed by atoms with Gasteiger partial charge < -0.3 is 9.84 Å². The van der Waals surface area contributed by atoms with E-state index >= 15 is 0 Å². The van der Waals surface area contributed by atoms with Gasteiger partial charge in [0.05, 0.1) is 23.7 Å². The van der Waals surface area contributed by atoms with E-state index in [4.69, 9.17) is 10.00 Å². The van der Waals surface area contributed by atoms with Crippen LogP contribution in [0.2, 0.25) is 0 Å². The molecule has 1 aliphatic rings. The van der Waals surface area contributed by atoms with Crippen LogP contribution in [0.1, 0.15) is 37.9 Å². The standard InChI is InChI=1S/C14H15BrN2O4/c1-9(18)11-6-10(15)7-12(17(19)20)13(11)21-8-14(2-3-14)4-5-16/h6-7,9,18H,2-4,8H2,1H3/t9-/m0/s1. The van der Waals surface area contributed by atoms with Gasteiger partial charge in [0.25, 0.3) is 0 Å². The Balaban J connectivity index is 2.32. The lowest BCUT2D eigenvalue weighted by atomic mass is 10.0. The number of hydrogen-bond donors (Lipinski definition) is 1. The molecule has 0 radical (unpaired) electrons. The molecule has 0 spiro atoms. The van der Waals surface area contributed by atoms with Gasteiger partial charge in [-0.25, -0.2) is 0 Å². The third-order valence-electron chi connectivity index (χ3n) is 3.64. The van der Waals surface area contributed by atoms with Crippen LogP contribution in [-0.4, -0.2) is 16.6 Å². The van der Waals surface area contributed by atoms with Crippen LogP contribution in [0.3, 0.4) is 0 Å². The molecule has 0 unspecified atom stereocenters. The van der Waals surface area contributed by atoms with E-state index in [2.05, 4.69) is 22.0 Å². The van der Waals surface area contributed by atoms with Crippen molar-refractivity contribution in [3.8, 4) is 11.8 Å². The highest BCUT2D eigenvalue weighted by Crippen LogP contribution is 2.49. The Bertz CT molecular complexity index is 606. The Hall–Kier alpha value is -1.65. The summed E-state index contributed by atoms with van der Waals surface area (Å²) >= 11 is 3.20. The zero-order valence-electron chi connectivity index (χ0n) is 11.5. The Morgan fingerprint density at radius 3 is 2.76 bits per heavy atom. The zero-order valence-corrected chi connectivity index (χ0v) is 13.1. The van der Waals surface area contributed by atoms with E-state index in [9.17, 15) is 15.2 Å². The van der Waals surface area contributed by atoms with Crippen molar-refractivity contribution in [2.24, 2.45) is 5.41 Å². The highest BCUT2D eigenvalue weighted by atomic mass is 79.9. The molecule has 6 nitrogen and oxygen atoms in total. The van der Waals surface area contributed by atoms with Crippen molar-refractivity contribution in [3.63, 3.8) is 0 Å². The number of ether oxygens (including phenoxy) is 1. The first-order valence-electron chi connectivity index (χ1n) is 6.54. The normalized spacial score (nSPS) is 16.9. The number of nitro groups is 1. The lowest BCUT2D eigenvalue weighted by Gasteiger charge is -2.17. The number of aliphatic hydroxyl groups is 1. The van der Waals surface area contributed by atoms with E-state index in [-0.39, 0.29) is 23.5 Å². The first-order valence-corrected chi connectivity index (χ1v) is 7.33. The molecule has 1 atom stereocenters. The van der Waals surface area contributed by atoms with Gasteiger partial charge in [0.1, 0.15) is 0 Å². The third-order valence-corrected chi connectivity index (χ3v) is 4.10. The number of aliphatic hydroxyl groups excluding tert-OH is 1. The van der Waals surface area contributed by atoms with Gasteiger partial charge in [-0.1, -0.05) is 15.9 Å².